The van der Waals surface area contributed by atoms with Gasteiger partial charge in [-0.05, 0) is 98.3 Å². The van der Waals surface area contributed by atoms with Crippen LogP contribution >= 0.6 is 31.9 Å². The Morgan fingerprint density at radius 2 is 1.72 bits per heavy atom. The van der Waals surface area contributed by atoms with Gasteiger partial charge in [0.15, 0.2) is 0 Å². The van der Waals surface area contributed by atoms with Crippen molar-refractivity contribution in [1.82, 2.24) is 0 Å². The molecule has 148 valence electrons. The number of nitro benzene ring substituents is 1. The Morgan fingerprint density at radius 3 is 2.34 bits per heavy atom. The summed E-state index contributed by atoms with van der Waals surface area (Å²) in [6.45, 7) is 4.42. The van der Waals surface area contributed by atoms with E-state index in [2.05, 4.69) is 56.8 Å². The van der Waals surface area contributed by atoms with Gasteiger partial charge in [0.2, 0.25) is 0 Å². The highest BCUT2D eigenvalue weighted by Crippen LogP contribution is 2.35. The second kappa shape index (κ2) is 9.33. The van der Waals surface area contributed by atoms with Gasteiger partial charge in [0.05, 0.1) is 19.6 Å². The van der Waals surface area contributed by atoms with Crippen LogP contribution in [0.5, 0.6) is 5.75 Å². The summed E-state index contributed by atoms with van der Waals surface area (Å²) < 4.78 is 7.47. The zero-order valence-corrected chi connectivity index (χ0v) is 19.0. The highest BCUT2D eigenvalue weighted by atomic mass is 79.9. The van der Waals surface area contributed by atoms with Crippen molar-refractivity contribution in [3.63, 3.8) is 0 Å². The summed E-state index contributed by atoms with van der Waals surface area (Å²) >= 11 is 7.10. The molecule has 0 spiro atoms. The SMILES string of the molecule is Cc1cccc(N=Cc2cc(Br)c(OCc3ccc([N+](=O)[O-])cc3)c(Br)c2)c1C. The van der Waals surface area contributed by atoms with Crippen LogP contribution in [0.15, 0.2) is 68.5 Å². The lowest BCUT2D eigenvalue weighted by molar-refractivity contribution is -0.384. The number of benzene rings is 3. The first kappa shape index (κ1) is 21.2. The molecule has 0 unspecified atom stereocenters. The Morgan fingerprint density at radius 1 is 1.07 bits per heavy atom. The average Bonchev–Trinajstić information content (AvgIpc) is 2.69. The fourth-order valence-electron chi connectivity index (χ4n) is 2.68. The van der Waals surface area contributed by atoms with E-state index in [0.29, 0.717) is 12.4 Å². The van der Waals surface area contributed by atoms with Gasteiger partial charge in [0.1, 0.15) is 12.4 Å². The number of halogens is 2. The number of rotatable bonds is 6. The van der Waals surface area contributed by atoms with Crippen LogP contribution in [0, 0.1) is 24.0 Å². The molecule has 0 amide bonds. The molecular formula is C22H18Br2N2O3. The number of aliphatic imine (C=N–C) groups is 1. The maximum atomic E-state index is 10.7. The molecule has 0 heterocycles. The van der Waals surface area contributed by atoms with E-state index in [1.54, 1.807) is 12.1 Å². The number of nitrogens with zero attached hydrogens (tertiary/aromatic N) is 2. The van der Waals surface area contributed by atoms with E-state index in [-0.39, 0.29) is 5.69 Å². The predicted octanol–water partition coefficient (Wildman–Crippen LogP) is 7.07. The monoisotopic (exact) mass is 516 g/mol. The van der Waals surface area contributed by atoms with Gasteiger partial charge in [-0.15, -0.1) is 0 Å². The van der Waals surface area contributed by atoms with Crippen LogP contribution in [-0.2, 0) is 6.61 Å². The summed E-state index contributed by atoms with van der Waals surface area (Å²) in [6, 6.07) is 16.2. The first-order chi connectivity index (χ1) is 13.8. The molecule has 0 aliphatic rings. The fraction of sp³-hybridized carbons (Fsp3) is 0.136. The number of aryl methyl sites for hydroxylation is 1. The summed E-state index contributed by atoms with van der Waals surface area (Å²) in [5.41, 5.74) is 5.13. The Labute approximate surface area is 185 Å². The van der Waals surface area contributed by atoms with E-state index < -0.39 is 4.92 Å². The topological polar surface area (TPSA) is 64.7 Å². The van der Waals surface area contributed by atoms with E-state index in [9.17, 15) is 10.1 Å². The number of non-ortho nitro benzene ring substituents is 1. The molecule has 0 bridgehead atoms. The second-order valence-electron chi connectivity index (χ2n) is 6.50. The molecule has 5 nitrogen and oxygen atoms in total. The minimum atomic E-state index is -0.420. The fourth-order valence-corrected chi connectivity index (χ4v) is 4.13. The van der Waals surface area contributed by atoms with Crippen LogP contribution in [0.2, 0.25) is 0 Å². The molecule has 0 aromatic heterocycles. The van der Waals surface area contributed by atoms with E-state index in [4.69, 9.17) is 4.74 Å². The molecule has 0 saturated carbocycles. The van der Waals surface area contributed by atoms with Gasteiger partial charge >= 0.3 is 0 Å². The van der Waals surface area contributed by atoms with Crippen LogP contribution < -0.4 is 4.74 Å². The summed E-state index contributed by atoms with van der Waals surface area (Å²) in [6.07, 6.45) is 1.82. The van der Waals surface area contributed by atoms with E-state index in [1.165, 1.54) is 17.7 Å². The molecule has 0 atom stereocenters. The maximum Gasteiger partial charge on any atom is 0.269 e. The Kier molecular flexibility index (Phi) is 6.82. The number of nitro groups is 1. The first-order valence-electron chi connectivity index (χ1n) is 8.80. The van der Waals surface area contributed by atoms with Crippen molar-refractivity contribution in [2.75, 3.05) is 0 Å². The molecule has 0 aliphatic heterocycles. The molecule has 3 aromatic rings. The lowest BCUT2D eigenvalue weighted by atomic mass is 10.1. The minimum Gasteiger partial charge on any atom is -0.487 e. The van der Waals surface area contributed by atoms with Crippen molar-refractivity contribution in [1.29, 1.82) is 0 Å². The lowest BCUT2D eigenvalue weighted by Gasteiger charge is -2.11. The smallest absolute Gasteiger partial charge is 0.269 e. The highest BCUT2D eigenvalue weighted by Gasteiger charge is 2.10. The van der Waals surface area contributed by atoms with Crippen LogP contribution in [0.1, 0.15) is 22.3 Å². The summed E-state index contributed by atoms with van der Waals surface area (Å²) in [7, 11) is 0. The van der Waals surface area contributed by atoms with E-state index in [0.717, 1.165) is 31.3 Å². The normalized spacial score (nSPS) is 11.0. The molecule has 3 rings (SSSR count). The third-order valence-electron chi connectivity index (χ3n) is 4.48. The Balaban J connectivity index is 1.74. The van der Waals surface area contributed by atoms with Gasteiger partial charge in [-0.25, -0.2) is 0 Å². The second-order valence-corrected chi connectivity index (χ2v) is 8.21. The number of hydrogen-bond acceptors (Lipinski definition) is 4. The molecule has 0 fully saturated rings. The van der Waals surface area contributed by atoms with Crippen molar-refractivity contribution in [2.24, 2.45) is 4.99 Å². The average molecular weight is 518 g/mol. The standard InChI is InChI=1S/C22H18Br2N2O3/c1-14-4-3-5-21(15(14)2)25-12-17-10-19(23)22(20(24)11-17)29-13-16-6-8-18(9-7-16)26(27)28/h3-12H,13H2,1-2H3. The molecule has 3 aromatic carbocycles. The van der Waals surface area contributed by atoms with Crippen LogP contribution in [0.4, 0.5) is 11.4 Å². The van der Waals surface area contributed by atoms with Crippen molar-refractivity contribution >= 4 is 49.4 Å². The van der Waals surface area contributed by atoms with Gasteiger partial charge < -0.3 is 4.74 Å². The van der Waals surface area contributed by atoms with Crippen LogP contribution in [0.3, 0.4) is 0 Å². The van der Waals surface area contributed by atoms with Gasteiger partial charge in [0, 0.05) is 18.3 Å². The maximum absolute atomic E-state index is 10.7. The van der Waals surface area contributed by atoms with E-state index in [1.807, 2.05) is 30.5 Å². The van der Waals surface area contributed by atoms with Crippen molar-refractivity contribution in [3.05, 3.63) is 95.9 Å². The molecule has 0 radical (unpaired) electrons. The molecule has 29 heavy (non-hydrogen) atoms. The molecule has 0 aliphatic carbocycles. The molecule has 0 N–H and O–H groups in total. The highest BCUT2D eigenvalue weighted by molar-refractivity contribution is 9.11. The lowest BCUT2D eigenvalue weighted by Crippen LogP contribution is -1.98. The van der Waals surface area contributed by atoms with Gasteiger partial charge in [-0.3, -0.25) is 15.1 Å². The third kappa shape index (κ3) is 5.31. The van der Waals surface area contributed by atoms with Gasteiger partial charge in [-0.1, -0.05) is 12.1 Å². The quantitative estimate of drug-likeness (QED) is 0.199. The van der Waals surface area contributed by atoms with E-state index >= 15 is 0 Å². The molecular weight excluding hydrogens is 500 g/mol. The molecule has 7 heteroatoms. The van der Waals surface area contributed by atoms with Crippen molar-refractivity contribution in [2.45, 2.75) is 20.5 Å². The predicted molar refractivity (Wildman–Crippen MR) is 122 cm³/mol. The number of hydrogen-bond donors (Lipinski definition) is 0. The van der Waals surface area contributed by atoms with Crippen molar-refractivity contribution in [3.8, 4) is 5.75 Å². The van der Waals surface area contributed by atoms with Gasteiger partial charge in [0.25, 0.3) is 5.69 Å². The third-order valence-corrected chi connectivity index (χ3v) is 5.66. The van der Waals surface area contributed by atoms with Crippen LogP contribution in [0.25, 0.3) is 0 Å². The summed E-state index contributed by atoms with van der Waals surface area (Å²) in [5.74, 6) is 0.659. The Hall–Kier alpha value is -2.51. The zero-order valence-electron chi connectivity index (χ0n) is 15.9. The first-order valence-corrected chi connectivity index (χ1v) is 10.4. The summed E-state index contributed by atoms with van der Waals surface area (Å²) in [5, 5.41) is 10.7. The Bertz CT molecular complexity index is 1060. The summed E-state index contributed by atoms with van der Waals surface area (Å²) in [4.78, 5) is 14.9. The van der Waals surface area contributed by atoms with Gasteiger partial charge in [-0.2, -0.15) is 0 Å². The molecule has 0 saturated heterocycles. The van der Waals surface area contributed by atoms with Crippen molar-refractivity contribution < 1.29 is 9.66 Å². The zero-order chi connectivity index (χ0) is 21.0. The largest absolute Gasteiger partial charge is 0.487 e. The van der Waals surface area contributed by atoms with Crippen LogP contribution in [-0.4, -0.2) is 11.1 Å². The minimum absolute atomic E-state index is 0.0589. The number of ether oxygens (including phenoxy) is 1.